The van der Waals surface area contributed by atoms with Crippen molar-refractivity contribution in [3.05, 3.63) is 74.5 Å². The molecule has 166 valence electrons. The summed E-state index contributed by atoms with van der Waals surface area (Å²) in [6.45, 7) is 2.16. The van der Waals surface area contributed by atoms with Gasteiger partial charge in [-0.1, -0.05) is 37.1 Å². The number of anilines is 1. The van der Waals surface area contributed by atoms with E-state index in [0.29, 0.717) is 11.0 Å². The molecule has 3 heterocycles. The van der Waals surface area contributed by atoms with Gasteiger partial charge in [-0.25, -0.2) is 0 Å². The van der Waals surface area contributed by atoms with Gasteiger partial charge < -0.3 is 5.73 Å². The van der Waals surface area contributed by atoms with Gasteiger partial charge in [0.1, 0.15) is 16.9 Å². The molecule has 10 heteroatoms. The van der Waals surface area contributed by atoms with E-state index in [4.69, 9.17) is 17.3 Å². The molecule has 2 aromatic carbocycles. The molecule has 3 N–H and O–H groups in total. The number of aryl methyl sites for hydroxylation is 1. The number of aromatic nitrogens is 4. The van der Waals surface area contributed by atoms with Crippen molar-refractivity contribution >= 4 is 40.3 Å². The van der Waals surface area contributed by atoms with Crippen molar-refractivity contribution in [2.75, 3.05) is 5.73 Å². The lowest BCUT2D eigenvalue weighted by atomic mass is 10.1. The molecule has 0 saturated carbocycles. The predicted molar refractivity (Wildman–Crippen MR) is 124 cm³/mol. The maximum Gasteiger partial charge on any atom is 0.262 e. The molecular weight excluding hydrogens is 444 g/mol. The maximum atomic E-state index is 12.8. The third-order valence-corrected chi connectivity index (χ3v) is 5.93. The topological polar surface area (TPSA) is 125 Å². The summed E-state index contributed by atoms with van der Waals surface area (Å²) in [4.78, 5) is 38.3. The Kier molecular flexibility index (Phi) is 4.98. The Labute approximate surface area is 192 Å². The van der Waals surface area contributed by atoms with Gasteiger partial charge in [0.2, 0.25) is 0 Å². The number of pyridine rings is 1. The fraction of sp³-hybridized carbons (Fsp3) is 0.174. The Morgan fingerprint density at radius 2 is 1.70 bits per heavy atom. The number of halogens is 1. The van der Waals surface area contributed by atoms with Crippen LogP contribution in [0, 0.1) is 0 Å². The molecule has 1 aliphatic rings. The van der Waals surface area contributed by atoms with Crippen molar-refractivity contribution in [3.8, 4) is 11.4 Å². The molecule has 2 aromatic heterocycles. The first kappa shape index (κ1) is 20.9. The smallest absolute Gasteiger partial charge is 0.262 e. The molecule has 4 aromatic rings. The Bertz CT molecular complexity index is 1500. The lowest BCUT2D eigenvalue weighted by molar-refractivity contribution is 0.0880. The highest BCUT2D eigenvalue weighted by Gasteiger charge is 2.32. The first-order valence-electron chi connectivity index (χ1n) is 10.4. The summed E-state index contributed by atoms with van der Waals surface area (Å²) in [5.74, 6) is -1.49. The van der Waals surface area contributed by atoms with Gasteiger partial charge in [-0.2, -0.15) is 4.80 Å². The van der Waals surface area contributed by atoms with E-state index in [1.165, 1.54) is 10.4 Å². The molecule has 0 saturated heterocycles. The molecule has 0 unspecified atom stereocenters. The average molecular weight is 463 g/mol. The lowest BCUT2D eigenvalue weighted by Gasteiger charge is -2.13. The number of benzene rings is 2. The second kappa shape index (κ2) is 7.86. The van der Waals surface area contributed by atoms with Crippen molar-refractivity contribution in [1.82, 2.24) is 24.9 Å². The van der Waals surface area contributed by atoms with E-state index in [0.717, 1.165) is 35.6 Å². The lowest BCUT2D eigenvalue weighted by Crippen LogP contribution is -2.24. The highest BCUT2D eigenvalue weighted by molar-refractivity contribution is 6.33. The summed E-state index contributed by atoms with van der Waals surface area (Å²) >= 11 is 6.46. The zero-order valence-corrected chi connectivity index (χ0v) is 18.4. The number of hydrogen-bond acceptors (Lipinski definition) is 6. The Hall–Kier alpha value is -3.98. The van der Waals surface area contributed by atoms with Gasteiger partial charge in [0.25, 0.3) is 17.4 Å². The van der Waals surface area contributed by atoms with Gasteiger partial charge in [-0.05, 0) is 42.7 Å². The monoisotopic (exact) mass is 462 g/mol. The number of nitrogens with zero attached hydrogens (tertiary/aromatic N) is 4. The molecule has 5 rings (SSSR count). The van der Waals surface area contributed by atoms with Crippen LogP contribution in [0.2, 0.25) is 5.02 Å². The number of nitrogens with two attached hydrogens (primary N) is 1. The number of carbonyl (C=O) groups excluding carboxylic acids is 2. The zero-order valence-electron chi connectivity index (χ0n) is 17.6. The number of fused-ring (bicyclic) bond motifs is 2. The summed E-state index contributed by atoms with van der Waals surface area (Å²) in [7, 11) is 0. The van der Waals surface area contributed by atoms with Crippen LogP contribution >= 0.6 is 11.6 Å². The van der Waals surface area contributed by atoms with Crippen molar-refractivity contribution in [1.29, 1.82) is 0 Å². The minimum Gasteiger partial charge on any atom is -0.384 e. The minimum atomic E-state index is -0.660. The van der Waals surface area contributed by atoms with Crippen LogP contribution in [0.15, 0.2) is 47.3 Å². The first-order chi connectivity index (χ1) is 15.9. The van der Waals surface area contributed by atoms with E-state index >= 15 is 0 Å². The number of imide groups is 1. The van der Waals surface area contributed by atoms with Gasteiger partial charge in [0.05, 0.1) is 27.5 Å². The van der Waals surface area contributed by atoms with E-state index < -0.39 is 17.4 Å². The standard InChI is InChI=1S/C23H19ClN6O3/c1-2-3-4-12-5-7-13(8-6-12)30-27-16-10-15(24)18(11-17(16)28-30)29-19(31)9-14-20(21(29)25)23(33)26-22(14)32/h5-11H,2-4,25H2,1H3,(H,26,32,33). The van der Waals surface area contributed by atoms with Crippen LogP contribution < -0.4 is 16.6 Å². The largest absolute Gasteiger partial charge is 0.384 e. The zero-order chi connectivity index (χ0) is 23.3. The van der Waals surface area contributed by atoms with Crippen molar-refractivity contribution in [3.63, 3.8) is 0 Å². The molecule has 2 amide bonds. The number of amides is 2. The first-order valence-corrected chi connectivity index (χ1v) is 10.8. The maximum absolute atomic E-state index is 12.8. The Morgan fingerprint density at radius 3 is 2.39 bits per heavy atom. The molecule has 0 aliphatic carbocycles. The fourth-order valence-corrected chi connectivity index (χ4v) is 4.16. The number of unbranched alkanes of at least 4 members (excludes halogenated alkanes) is 1. The van der Waals surface area contributed by atoms with Crippen LogP contribution in [-0.4, -0.2) is 31.4 Å². The van der Waals surface area contributed by atoms with Crippen LogP contribution in [0.25, 0.3) is 22.4 Å². The fourth-order valence-electron chi connectivity index (χ4n) is 3.92. The average Bonchev–Trinajstić information content (AvgIpc) is 3.32. The highest BCUT2D eigenvalue weighted by Crippen LogP contribution is 2.29. The third-order valence-electron chi connectivity index (χ3n) is 5.63. The van der Waals surface area contributed by atoms with Crippen molar-refractivity contribution in [2.24, 2.45) is 0 Å². The summed E-state index contributed by atoms with van der Waals surface area (Å²) < 4.78 is 1.10. The number of carbonyl (C=O) groups is 2. The van der Waals surface area contributed by atoms with Gasteiger partial charge in [0, 0.05) is 6.07 Å². The number of hydrogen-bond donors (Lipinski definition) is 2. The van der Waals surface area contributed by atoms with Crippen LogP contribution in [-0.2, 0) is 6.42 Å². The van der Waals surface area contributed by atoms with Gasteiger partial charge in [0.15, 0.2) is 0 Å². The third kappa shape index (κ3) is 3.46. The normalized spacial score (nSPS) is 12.9. The molecule has 33 heavy (non-hydrogen) atoms. The highest BCUT2D eigenvalue weighted by atomic mass is 35.5. The van der Waals surface area contributed by atoms with E-state index in [-0.39, 0.29) is 27.7 Å². The van der Waals surface area contributed by atoms with Crippen molar-refractivity contribution in [2.45, 2.75) is 26.2 Å². The molecule has 0 fully saturated rings. The molecule has 0 spiro atoms. The summed E-state index contributed by atoms with van der Waals surface area (Å²) in [6, 6.07) is 12.2. The summed E-state index contributed by atoms with van der Waals surface area (Å²) in [6.07, 6.45) is 3.28. The minimum absolute atomic E-state index is 0.0516. The van der Waals surface area contributed by atoms with Crippen LogP contribution in [0.1, 0.15) is 46.0 Å². The van der Waals surface area contributed by atoms with E-state index in [2.05, 4.69) is 34.6 Å². The molecule has 1 aliphatic heterocycles. The predicted octanol–water partition coefficient (Wildman–Crippen LogP) is 3.03. The van der Waals surface area contributed by atoms with E-state index in [1.807, 2.05) is 12.1 Å². The van der Waals surface area contributed by atoms with Crippen molar-refractivity contribution < 1.29 is 9.59 Å². The van der Waals surface area contributed by atoms with Gasteiger partial charge in [-0.3, -0.25) is 24.3 Å². The number of nitrogens with one attached hydrogen (secondary N) is 1. The van der Waals surface area contributed by atoms with Crippen LogP contribution in [0.5, 0.6) is 0 Å². The summed E-state index contributed by atoms with van der Waals surface area (Å²) in [5.41, 5.74) is 8.72. The van der Waals surface area contributed by atoms with Crippen LogP contribution in [0.4, 0.5) is 5.82 Å². The van der Waals surface area contributed by atoms with Crippen LogP contribution in [0.3, 0.4) is 0 Å². The second-order valence-electron chi connectivity index (χ2n) is 7.83. The van der Waals surface area contributed by atoms with E-state index in [9.17, 15) is 14.4 Å². The molecular formula is C23H19ClN6O3. The Morgan fingerprint density at radius 1 is 1.00 bits per heavy atom. The summed E-state index contributed by atoms with van der Waals surface area (Å²) in [5, 5.41) is 11.3. The van der Waals surface area contributed by atoms with E-state index in [1.54, 1.807) is 12.1 Å². The van der Waals surface area contributed by atoms with Gasteiger partial charge >= 0.3 is 0 Å². The molecule has 0 bridgehead atoms. The molecule has 0 radical (unpaired) electrons. The number of rotatable bonds is 5. The Balaban J connectivity index is 1.59. The van der Waals surface area contributed by atoms with Gasteiger partial charge in [-0.15, -0.1) is 10.2 Å². The second-order valence-corrected chi connectivity index (χ2v) is 8.23. The number of nitrogen functional groups attached to an aromatic ring is 1. The molecule has 9 nitrogen and oxygen atoms in total. The SMILES string of the molecule is CCCCc1ccc(-n2nc3cc(Cl)c(-n4c(N)c5c(cc4=O)C(=O)NC5=O)cc3n2)cc1. The quantitative estimate of drug-likeness (QED) is 0.439. The molecule has 0 atom stereocenters.